The molecule has 14 heavy (non-hydrogen) atoms. The largest absolute Gasteiger partial charge is 0.242 e. The van der Waals surface area contributed by atoms with Crippen molar-refractivity contribution in [1.82, 2.24) is 9.78 Å². The highest BCUT2D eigenvalue weighted by Gasteiger charge is 2.01. The number of hydrogen-bond acceptors (Lipinski definition) is 3. The Kier molecular flexibility index (Phi) is 2.21. The van der Waals surface area contributed by atoms with Crippen LogP contribution in [0.25, 0.3) is 5.69 Å². The lowest BCUT2D eigenvalue weighted by atomic mass is 10.3. The first kappa shape index (κ1) is 8.41. The third-order valence-electron chi connectivity index (χ3n) is 1.78. The van der Waals surface area contributed by atoms with E-state index in [1.165, 1.54) is 6.08 Å². The van der Waals surface area contributed by atoms with Crippen LogP contribution in [0.1, 0.15) is 0 Å². The van der Waals surface area contributed by atoms with E-state index in [9.17, 15) is 4.79 Å². The van der Waals surface area contributed by atoms with Gasteiger partial charge in [-0.25, -0.2) is 9.48 Å². The van der Waals surface area contributed by atoms with Gasteiger partial charge in [0, 0.05) is 6.07 Å². The lowest BCUT2D eigenvalue weighted by Gasteiger charge is -2.01. The number of aliphatic imine (C=N–C) groups is 1. The number of benzene rings is 1. The monoisotopic (exact) mass is 185 g/mol. The molecule has 0 bridgehead atoms. The smallest absolute Gasteiger partial charge is 0.215 e. The van der Waals surface area contributed by atoms with Crippen LogP contribution in [-0.2, 0) is 4.79 Å². The van der Waals surface area contributed by atoms with Crippen LogP contribution in [0.5, 0.6) is 0 Å². The molecule has 0 amide bonds. The fraction of sp³-hybridized carbons (Fsp3) is 0. The predicted octanol–water partition coefficient (Wildman–Crippen LogP) is 1.84. The van der Waals surface area contributed by atoms with Crippen molar-refractivity contribution >= 4 is 11.9 Å². The summed E-state index contributed by atoms with van der Waals surface area (Å²) < 4.78 is 1.57. The minimum atomic E-state index is 0.478. The van der Waals surface area contributed by atoms with Gasteiger partial charge in [-0.3, -0.25) is 0 Å². The SMILES string of the molecule is O=C=Nc1ccnn1-c1ccccc1. The average Bonchev–Trinajstić information content (AvgIpc) is 2.68. The summed E-state index contributed by atoms with van der Waals surface area (Å²) in [7, 11) is 0. The first-order valence-corrected chi connectivity index (χ1v) is 4.09. The Labute approximate surface area is 80.5 Å². The minimum Gasteiger partial charge on any atom is -0.215 e. The topological polar surface area (TPSA) is 47.2 Å². The van der Waals surface area contributed by atoms with E-state index in [1.807, 2.05) is 30.3 Å². The first-order chi connectivity index (χ1) is 6.92. The maximum atomic E-state index is 10.1. The Morgan fingerprint density at radius 1 is 1.21 bits per heavy atom. The fourth-order valence-corrected chi connectivity index (χ4v) is 1.20. The molecule has 0 aliphatic carbocycles. The number of hydrogen-bond donors (Lipinski definition) is 0. The number of para-hydroxylation sites is 1. The summed E-state index contributed by atoms with van der Waals surface area (Å²) in [5, 5.41) is 4.05. The van der Waals surface area contributed by atoms with E-state index in [2.05, 4.69) is 10.1 Å². The van der Waals surface area contributed by atoms with Gasteiger partial charge in [0.2, 0.25) is 6.08 Å². The Morgan fingerprint density at radius 2 is 2.00 bits per heavy atom. The zero-order valence-electron chi connectivity index (χ0n) is 7.29. The van der Waals surface area contributed by atoms with Crippen molar-refractivity contribution in [2.24, 2.45) is 4.99 Å². The summed E-state index contributed by atoms with van der Waals surface area (Å²) in [4.78, 5) is 13.7. The molecule has 0 atom stereocenters. The summed E-state index contributed by atoms with van der Waals surface area (Å²) in [6.45, 7) is 0. The Bertz CT molecular complexity index is 469. The van der Waals surface area contributed by atoms with Crippen molar-refractivity contribution in [3.05, 3.63) is 42.6 Å². The molecular formula is C10H7N3O. The lowest BCUT2D eigenvalue weighted by molar-refractivity contribution is 0.565. The molecule has 1 aromatic carbocycles. The van der Waals surface area contributed by atoms with Crippen LogP contribution in [0.3, 0.4) is 0 Å². The molecule has 0 N–H and O–H groups in total. The van der Waals surface area contributed by atoms with Gasteiger partial charge in [-0.1, -0.05) is 18.2 Å². The summed E-state index contributed by atoms with van der Waals surface area (Å²) >= 11 is 0. The van der Waals surface area contributed by atoms with Gasteiger partial charge in [0.15, 0.2) is 5.82 Å². The molecule has 0 fully saturated rings. The van der Waals surface area contributed by atoms with Gasteiger partial charge >= 0.3 is 0 Å². The van der Waals surface area contributed by atoms with E-state index in [1.54, 1.807) is 16.9 Å². The van der Waals surface area contributed by atoms with Crippen molar-refractivity contribution in [2.75, 3.05) is 0 Å². The third kappa shape index (κ3) is 1.46. The highest BCUT2D eigenvalue weighted by molar-refractivity contribution is 5.48. The van der Waals surface area contributed by atoms with E-state index in [4.69, 9.17) is 0 Å². The molecule has 4 heteroatoms. The van der Waals surface area contributed by atoms with Crippen LogP contribution in [0, 0.1) is 0 Å². The van der Waals surface area contributed by atoms with Crippen LogP contribution >= 0.6 is 0 Å². The van der Waals surface area contributed by atoms with E-state index >= 15 is 0 Å². The molecule has 0 radical (unpaired) electrons. The molecule has 0 aliphatic rings. The normalized spacial score (nSPS) is 9.43. The lowest BCUT2D eigenvalue weighted by Crippen LogP contribution is -1.94. The summed E-state index contributed by atoms with van der Waals surface area (Å²) in [6.07, 6.45) is 3.08. The molecule has 68 valence electrons. The molecule has 2 aromatic rings. The maximum Gasteiger partial charge on any atom is 0.242 e. The van der Waals surface area contributed by atoms with Gasteiger partial charge in [-0.2, -0.15) is 5.10 Å². The number of rotatable bonds is 2. The van der Waals surface area contributed by atoms with Gasteiger partial charge in [-0.05, 0) is 12.1 Å². The zero-order valence-corrected chi connectivity index (χ0v) is 7.29. The van der Waals surface area contributed by atoms with Crippen molar-refractivity contribution < 1.29 is 4.79 Å². The fourth-order valence-electron chi connectivity index (χ4n) is 1.20. The molecule has 2 rings (SSSR count). The molecule has 0 saturated heterocycles. The number of isocyanates is 1. The summed E-state index contributed by atoms with van der Waals surface area (Å²) in [5.41, 5.74) is 0.867. The number of aromatic nitrogens is 2. The second-order valence-electron chi connectivity index (χ2n) is 2.64. The minimum absolute atomic E-state index is 0.478. The van der Waals surface area contributed by atoms with Gasteiger partial charge in [0.05, 0.1) is 11.9 Å². The highest BCUT2D eigenvalue weighted by atomic mass is 16.1. The molecular weight excluding hydrogens is 178 g/mol. The maximum absolute atomic E-state index is 10.1. The zero-order chi connectivity index (χ0) is 9.80. The molecule has 0 aliphatic heterocycles. The van der Waals surface area contributed by atoms with Crippen LogP contribution in [-0.4, -0.2) is 15.9 Å². The number of nitrogens with zero attached hydrogens (tertiary/aromatic N) is 3. The van der Waals surface area contributed by atoms with E-state index in [0.29, 0.717) is 5.82 Å². The van der Waals surface area contributed by atoms with Crippen molar-refractivity contribution in [2.45, 2.75) is 0 Å². The van der Waals surface area contributed by atoms with E-state index in [-0.39, 0.29) is 0 Å². The molecule has 0 unspecified atom stereocenters. The third-order valence-corrected chi connectivity index (χ3v) is 1.78. The quantitative estimate of drug-likeness (QED) is 0.529. The molecule has 1 heterocycles. The molecule has 1 aromatic heterocycles. The van der Waals surface area contributed by atoms with Crippen LogP contribution in [0.15, 0.2) is 47.6 Å². The van der Waals surface area contributed by atoms with Crippen molar-refractivity contribution in [1.29, 1.82) is 0 Å². The van der Waals surface area contributed by atoms with Crippen LogP contribution < -0.4 is 0 Å². The summed E-state index contributed by atoms with van der Waals surface area (Å²) in [5.74, 6) is 0.478. The van der Waals surface area contributed by atoms with Gasteiger partial charge in [0.1, 0.15) is 0 Å². The first-order valence-electron chi connectivity index (χ1n) is 4.09. The highest BCUT2D eigenvalue weighted by Crippen LogP contribution is 2.15. The second-order valence-corrected chi connectivity index (χ2v) is 2.64. The second kappa shape index (κ2) is 3.68. The number of carbonyl (C=O) groups excluding carboxylic acids is 1. The molecule has 0 saturated carbocycles. The van der Waals surface area contributed by atoms with E-state index < -0.39 is 0 Å². The average molecular weight is 185 g/mol. The van der Waals surface area contributed by atoms with Crippen LogP contribution in [0.2, 0.25) is 0 Å². The molecule has 0 spiro atoms. The van der Waals surface area contributed by atoms with Gasteiger partial charge in [-0.15, -0.1) is 4.99 Å². The summed E-state index contributed by atoms with van der Waals surface area (Å²) in [6, 6.07) is 11.1. The molecule has 4 nitrogen and oxygen atoms in total. The van der Waals surface area contributed by atoms with Gasteiger partial charge in [0.25, 0.3) is 0 Å². The van der Waals surface area contributed by atoms with Crippen LogP contribution in [0.4, 0.5) is 5.82 Å². The Balaban J connectivity index is 2.52. The predicted molar refractivity (Wildman–Crippen MR) is 51.3 cm³/mol. The Morgan fingerprint density at radius 3 is 2.71 bits per heavy atom. The van der Waals surface area contributed by atoms with Crippen molar-refractivity contribution in [3.63, 3.8) is 0 Å². The van der Waals surface area contributed by atoms with Gasteiger partial charge < -0.3 is 0 Å². The van der Waals surface area contributed by atoms with E-state index in [0.717, 1.165) is 5.69 Å². The standard InChI is InChI=1S/C10H7N3O/c14-8-11-10-6-7-12-13(10)9-4-2-1-3-5-9/h1-7H. The Hall–Kier alpha value is -2.19. The van der Waals surface area contributed by atoms with Crippen molar-refractivity contribution in [3.8, 4) is 5.69 Å².